The summed E-state index contributed by atoms with van der Waals surface area (Å²) < 4.78 is 38.0. The third kappa shape index (κ3) is 6.61. The Hall–Kier alpha value is -2.00. The molecule has 5 fully saturated rings. The van der Waals surface area contributed by atoms with E-state index in [4.69, 9.17) is 0 Å². The van der Waals surface area contributed by atoms with Gasteiger partial charge in [-0.1, -0.05) is 58.9 Å². The number of carbonyl (C=O) groups excluding carboxylic acids is 1. The third-order valence-electron chi connectivity index (χ3n) is 18.8. The molecule has 1 N–H and O–H groups in total. The summed E-state index contributed by atoms with van der Waals surface area (Å²) in [6, 6.07) is 0. The summed E-state index contributed by atoms with van der Waals surface area (Å²) in [5.41, 5.74) is 3.29. The molecule has 1 unspecified atom stereocenters. The Balaban J connectivity index is 1.12. The average molecular weight is 797 g/mol. The summed E-state index contributed by atoms with van der Waals surface area (Å²) >= 11 is 0. The number of fused-ring (bicyclic) bond motifs is 7. The van der Waals surface area contributed by atoms with Crippen molar-refractivity contribution >= 4 is 21.7 Å². The number of allylic oxidation sites excluding steroid dienone is 5. The number of nitrogens with zero attached hydrogens (tertiary/aromatic N) is 2. The maximum atomic E-state index is 14.0. The Morgan fingerprint density at radius 1 is 0.911 bits per heavy atom. The number of carboxylic acid groups (broad SMARTS) is 1. The molecule has 0 aromatic carbocycles. The van der Waals surface area contributed by atoms with Crippen molar-refractivity contribution in [2.24, 2.45) is 62.1 Å². The van der Waals surface area contributed by atoms with E-state index >= 15 is 0 Å². The van der Waals surface area contributed by atoms with Gasteiger partial charge in [0.15, 0.2) is 9.84 Å². The summed E-state index contributed by atoms with van der Waals surface area (Å²) in [5.74, 6) is 2.35. The van der Waals surface area contributed by atoms with Gasteiger partial charge in [-0.05, 0) is 165 Å². The zero-order valence-electron chi connectivity index (χ0n) is 35.9. The van der Waals surface area contributed by atoms with Gasteiger partial charge >= 0.3 is 5.97 Å². The summed E-state index contributed by atoms with van der Waals surface area (Å²) in [7, 11) is -2.91. The largest absolute Gasteiger partial charge is 0.481 e. The van der Waals surface area contributed by atoms with Crippen molar-refractivity contribution in [3.8, 4) is 0 Å². The fourth-order valence-electron chi connectivity index (χ4n) is 15.4. The Kier molecular flexibility index (Phi) is 11.0. The SMILES string of the molecule is C=C(C)C1CC[C@]2(CN(CCCN3CCS(=O)(=O)CC3)C(C)=O)CC[C@]3(C)[C@H](CC[C@@H]4[C@@]5(C)CC=C(C6=CC[C@@](CF)(C(=O)O)CC6)C(C)(C)[C@@H]5CC[C@]43C)[C@@H]12. The van der Waals surface area contributed by atoms with Crippen molar-refractivity contribution in [1.82, 2.24) is 9.80 Å². The van der Waals surface area contributed by atoms with Crippen molar-refractivity contribution < 1.29 is 27.5 Å². The number of alkyl halides is 1. The van der Waals surface area contributed by atoms with Crippen LogP contribution in [0.5, 0.6) is 0 Å². The molecule has 1 aliphatic heterocycles. The molecule has 7 rings (SSSR count). The van der Waals surface area contributed by atoms with Gasteiger partial charge < -0.3 is 14.9 Å². The van der Waals surface area contributed by atoms with E-state index in [1.54, 1.807) is 6.92 Å². The van der Waals surface area contributed by atoms with Gasteiger partial charge in [0.1, 0.15) is 6.67 Å². The molecule has 7 nitrogen and oxygen atoms in total. The molecule has 4 saturated carbocycles. The van der Waals surface area contributed by atoms with Gasteiger partial charge in [-0.15, -0.1) is 0 Å². The highest BCUT2D eigenvalue weighted by molar-refractivity contribution is 7.91. The number of rotatable bonds is 10. The number of halogens is 1. The van der Waals surface area contributed by atoms with Crippen molar-refractivity contribution in [2.45, 2.75) is 132 Å². The summed E-state index contributed by atoms with van der Waals surface area (Å²) in [6.07, 6.45) is 17.3. The summed E-state index contributed by atoms with van der Waals surface area (Å²) in [6.45, 7) is 24.2. The maximum absolute atomic E-state index is 14.0. The van der Waals surface area contributed by atoms with E-state index in [1.807, 2.05) is 0 Å². The van der Waals surface area contributed by atoms with Crippen LogP contribution < -0.4 is 0 Å². The summed E-state index contributed by atoms with van der Waals surface area (Å²) in [5, 5.41) is 9.85. The number of hydrogen-bond donors (Lipinski definition) is 1. The first kappa shape index (κ1) is 42.1. The fraction of sp³-hybridized carbons (Fsp3) is 0.830. The number of carbonyl (C=O) groups is 2. The normalized spacial score (nSPS) is 42.9. The second kappa shape index (κ2) is 14.6. The van der Waals surface area contributed by atoms with Gasteiger partial charge in [0.25, 0.3) is 0 Å². The van der Waals surface area contributed by atoms with Crippen LogP contribution in [0, 0.1) is 62.1 Å². The lowest BCUT2D eigenvalue weighted by molar-refractivity contribution is -0.228. The van der Waals surface area contributed by atoms with E-state index in [0.29, 0.717) is 55.5 Å². The van der Waals surface area contributed by atoms with Crippen LogP contribution in [-0.2, 0) is 19.4 Å². The second-order valence-electron chi connectivity index (χ2n) is 21.5. The van der Waals surface area contributed by atoms with E-state index in [2.05, 4.69) is 70.1 Å². The molecule has 9 heteroatoms. The van der Waals surface area contributed by atoms with E-state index < -0.39 is 27.9 Å². The van der Waals surface area contributed by atoms with Gasteiger partial charge in [0, 0.05) is 33.1 Å². The second-order valence-corrected chi connectivity index (χ2v) is 23.8. The number of hydrogen-bond acceptors (Lipinski definition) is 5. The highest BCUT2D eigenvalue weighted by Crippen LogP contribution is 2.77. The third-order valence-corrected chi connectivity index (χ3v) is 20.4. The van der Waals surface area contributed by atoms with Crippen LogP contribution in [0.1, 0.15) is 132 Å². The Morgan fingerprint density at radius 2 is 1.62 bits per heavy atom. The number of amides is 1. The lowest BCUT2D eigenvalue weighted by Gasteiger charge is -2.72. The van der Waals surface area contributed by atoms with Gasteiger partial charge in [0.2, 0.25) is 5.91 Å². The van der Waals surface area contributed by atoms with Crippen molar-refractivity contribution in [2.75, 3.05) is 50.9 Å². The first-order chi connectivity index (χ1) is 26.2. The molecule has 1 saturated heterocycles. The highest BCUT2D eigenvalue weighted by Gasteiger charge is 2.70. The van der Waals surface area contributed by atoms with E-state index in [0.717, 1.165) is 51.7 Å². The quantitative estimate of drug-likeness (QED) is 0.222. The van der Waals surface area contributed by atoms with Crippen LogP contribution in [0.15, 0.2) is 35.5 Å². The van der Waals surface area contributed by atoms with Crippen LogP contribution in [-0.4, -0.2) is 86.1 Å². The molecule has 7 aliphatic rings. The standard InChI is InChI=1S/C47H73FN2O5S/c1-32(2)35-14-21-47(31-50(33(3)51)25-9-24-49-26-28-56(54,55)29-27-49)23-22-44(7)37(40(35)47)10-11-39-43(6)17-15-36(42(4,5)38(43)16-18-45(39,44)8)34-12-19-46(30-48,20-13-34)41(52)53/h12,15,35,37-40H,1,9-11,13-14,16-31H2,2-8H3,(H,52,53)/t35?,37-,38+,39-,40-,43+,44-,45-,46-,47-/m1/s1. The van der Waals surface area contributed by atoms with Crippen molar-refractivity contribution in [3.05, 3.63) is 35.5 Å². The lowest BCUT2D eigenvalue weighted by Crippen LogP contribution is -2.66. The fourth-order valence-corrected chi connectivity index (χ4v) is 16.7. The van der Waals surface area contributed by atoms with Crippen LogP contribution in [0.3, 0.4) is 0 Å². The molecule has 0 aromatic heterocycles. The molecule has 0 radical (unpaired) electrons. The minimum Gasteiger partial charge on any atom is -0.481 e. The molecule has 1 amide bonds. The van der Waals surface area contributed by atoms with Crippen LogP contribution in [0.2, 0.25) is 0 Å². The molecular formula is C47H73FN2O5S. The predicted molar refractivity (Wildman–Crippen MR) is 222 cm³/mol. The molecule has 0 spiro atoms. The zero-order chi connectivity index (χ0) is 40.7. The molecule has 314 valence electrons. The Labute approximate surface area is 338 Å². The van der Waals surface area contributed by atoms with Gasteiger partial charge in [-0.25, -0.2) is 12.8 Å². The van der Waals surface area contributed by atoms with E-state index in [9.17, 15) is 27.5 Å². The molecule has 6 aliphatic carbocycles. The number of aliphatic carboxylic acids is 1. The molecule has 0 bridgehead atoms. The van der Waals surface area contributed by atoms with Gasteiger partial charge in [0.05, 0.1) is 16.9 Å². The molecule has 1 heterocycles. The minimum absolute atomic E-state index is 0.0447. The molecule has 10 atom stereocenters. The predicted octanol–water partition coefficient (Wildman–Crippen LogP) is 9.30. The molecular weight excluding hydrogens is 724 g/mol. The van der Waals surface area contributed by atoms with Crippen LogP contribution in [0.25, 0.3) is 0 Å². The van der Waals surface area contributed by atoms with Crippen molar-refractivity contribution in [1.29, 1.82) is 0 Å². The highest BCUT2D eigenvalue weighted by atomic mass is 32.2. The average Bonchev–Trinajstić information content (AvgIpc) is 3.52. The topological polar surface area (TPSA) is 95.0 Å². The monoisotopic (exact) mass is 797 g/mol. The molecule has 0 aromatic rings. The van der Waals surface area contributed by atoms with Gasteiger partial charge in [-0.3, -0.25) is 9.59 Å². The van der Waals surface area contributed by atoms with Crippen molar-refractivity contribution in [3.63, 3.8) is 0 Å². The smallest absolute Gasteiger partial charge is 0.312 e. The molecule has 56 heavy (non-hydrogen) atoms. The summed E-state index contributed by atoms with van der Waals surface area (Å²) in [4.78, 5) is 29.8. The lowest BCUT2D eigenvalue weighted by atomic mass is 9.32. The van der Waals surface area contributed by atoms with Gasteiger partial charge in [-0.2, -0.15) is 0 Å². The van der Waals surface area contributed by atoms with Crippen LogP contribution in [0.4, 0.5) is 4.39 Å². The first-order valence-corrected chi connectivity index (χ1v) is 24.0. The Bertz CT molecular complexity index is 1760. The Morgan fingerprint density at radius 3 is 2.23 bits per heavy atom. The first-order valence-electron chi connectivity index (χ1n) is 22.2. The van der Waals surface area contributed by atoms with E-state index in [-0.39, 0.29) is 50.9 Å². The maximum Gasteiger partial charge on any atom is 0.312 e. The van der Waals surface area contributed by atoms with E-state index in [1.165, 1.54) is 48.8 Å². The van der Waals surface area contributed by atoms with Crippen LogP contribution >= 0.6 is 0 Å². The zero-order valence-corrected chi connectivity index (χ0v) is 36.7. The number of sulfone groups is 1. The number of carboxylic acids is 1. The minimum atomic E-state index is -2.91.